The van der Waals surface area contributed by atoms with Gasteiger partial charge >= 0.3 is 5.97 Å². The maximum atomic E-state index is 12.8. The van der Waals surface area contributed by atoms with E-state index in [0.717, 1.165) is 5.57 Å². The summed E-state index contributed by atoms with van der Waals surface area (Å²) in [6, 6.07) is 13.2. The molecule has 148 valence electrons. The number of imide groups is 1. The highest BCUT2D eigenvalue weighted by Gasteiger charge is 2.48. The molecule has 6 heteroatoms. The zero-order chi connectivity index (χ0) is 20.5. The Labute approximate surface area is 168 Å². The molecule has 4 rings (SSSR count). The summed E-state index contributed by atoms with van der Waals surface area (Å²) in [6.45, 7) is 1.99. The first-order chi connectivity index (χ1) is 14.0. The minimum Gasteiger partial charge on any atom is -0.496 e. The number of fused-ring (bicyclic) bond motifs is 1. The summed E-state index contributed by atoms with van der Waals surface area (Å²) in [5.41, 5.74) is 1.95. The molecule has 29 heavy (non-hydrogen) atoms. The fourth-order valence-corrected chi connectivity index (χ4v) is 3.93. The lowest BCUT2D eigenvalue weighted by Gasteiger charge is -2.18. The molecule has 6 nitrogen and oxygen atoms in total. The molecular formula is C23H21NO5. The van der Waals surface area contributed by atoms with Crippen LogP contribution >= 0.6 is 0 Å². The minimum atomic E-state index is -0.545. The first-order valence-electron chi connectivity index (χ1n) is 9.48. The van der Waals surface area contributed by atoms with Crippen LogP contribution in [0.4, 0.5) is 5.69 Å². The Morgan fingerprint density at radius 3 is 2.41 bits per heavy atom. The van der Waals surface area contributed by atoms with Gasteiger partial charge in [0.1, 0.15) is 17.1 Å². The molecule has 0 aromatic heterocycles. The summed E-state index contributed by atoms with van der Waals surface area (Å²) in [5, 5.41) is 0. The Bertz CT molecular complexity index is 1010. The van der Waals surface area contributed by atoms with E-state index in [9.17, 15) is 14.4 Å². The summed E-state index contributed by atoms with van der Waals surface area (Å²) in [7, 11) is 1.49. The van der Waals surface area contributed by atoms with Gasteiger partial charge < -0.3 is 9.47 Å². The van der Waals surface area contributed by atoms with Crippen molar-refractivity contribution in [2.24, 2.45) is 11.8 Å². The second-order valence-corrected chi connectivity index (χ2v) is 7.30. The second kappa shape index (κ2) is 7.54. The number of rotatable bonds is 4. The fourth-order valence-electron chi connectivity index (χ4n) is 3.93. The van der Waals surface area contributed by atoms with Crippen molar-refractivity contribution in [2.45, 2.75) is 19.8 Å². The van der Waals surface area contributed by atoms with Crippen molar-refractivity contribution in [3.63, 3.8) is 0 Å². The lowest BCUT2D eigenvalue weighted by molar-refractivity contribution is -0.122. The fraction of sp³-hybridized carbons (Fsp3) is 0.261. The van der Waals surface area contributed by atoms with E-state index in [1.165, 1.54) is 12.0 Å². The van der Waals surface area contributed by atoms with Crippen LogP contribution in [0.5, 0.6) is 11.5 Å². The minimum absolute atomic E-state index is 0.161. The molecule has 2 aromatic carbocycles. The number of ether oxygens (including phenoxy) is 2. The van der Waals surface area contributed by atoms with E-state index in [2.05, 4.69) is 0 Å². The summed E-state index contributed by atoms with van der Waals surface area (Å²) in [4.78, 5) is 39.2. The quantitative estimate of drug-likeness (QED) is 0.343. The number of carbonyl (C=O) groups excluding carboxylic acids is 3. The Morgan fingerprint density at radius 2 is 1.69 bits per heavy atom. The van der Waals surface area contributed by atoms with E-state index in [1.54, 1.807) is 48.5 Å². The second-order valence-electron chi connectivity index (χ2n) is 7.30. The molecule has 1 heterocycles. The zero-order valence-electron chi connectivity index (χ0n) is 16.3. The van der Waals surface area contributed by atoms with Crippen LogP contribution in [-0.2, 0) is 9.59 Å². The van der Waals surface area contributed by atoms with E-state index in [4.69, 9.17) is 9.47 Å². The predicted octanol–water partition coefficient (Wildman–Crippen LogP) is 3.76. The molecule has 2 amide bonds. The van der Waals surface area contributed by atoms with E-state index in [0.29, 0.717) is 35.6 Å². The van der Waals surface area contributed by atoms with Crippen LogP contribution in [0.1, 0.15) is 30.1 Å². The number of anilines is 1. The maximum absolute atomic E-state index is 12.8. The van der Waals surface area contributed by atoms with Gasteiger partial charge in [-0.25, -0.2) is 4.79 Å². The number of para-hydroxylation sites is 1. The van der Waals surface area contributed by atoms with Gasteiger partial charge in [-0.3, -0.25) is 14.5 Å². The molecule has 1 aliphatic heterocycles. The van der Waals surface area contributed by atoms with Crippen LogP contribution in [0.2, 0.25) is 0 Å². The first kappa shape index (κ1) is 18.9. The number of methoxy groups -OCH3 is 1. The van der Waals surface area contributed by atoms with E-state index < -0.39 is 5.97 Å². The molecule has 1 saturated heterocycles. The first-order valence-corrected chi connectivity index (χ1v) is 9.48. The number of allylic oxidation sites excluding steroid dienone is 2. The van der Waals surface area contributed by atoms with Crippen LogP contribution in [0, 0.1) is 11.8 Å². The van der Waals surface area contributed by atoms with Crippen molar-refractivity contribution in [1.29, 1.82) is 0 Å². The van der Waals surface area contributed by atoms with Gasteiger partial charge in [0.05, 0.1) is 24.6 Å². The smallest absolute Gasteiger partial charge is 0.347 e. The van der Waals surface area contributed by atoms with E-state index in [1.807, 2.05) is 13.0 Å². The lowest BCUT2D eigenvalue weighted by Crippen LogP contribution is -2.30. The molecule has 1 aliphatic carbocycles. The van der Waals surface area contributed by atoms with Crippen LogP contribution in [0.15, 0.2) is 60.2 Å². The average molecular weight is 391 g/mol. The monoisotopic (exact) mass is 391 g/mol. The largest absolute Gasteiger partial charge is 0.496 e. The number of hydrogen-bond donors (Lipinski definition) is 0. The van der Waals surface area contributed by atoms with Gasteiger partial charge in [0.25, 0.3) is 0 Å². The van der Waals surface area contributed by atoms with E-state index >= 15 is 0 Å². The van der Waals surface area contributed by atoms with Gasteiger partial charge in [0.15, 0.2) is 0 Å². The normalized spacial score (nSPS) is 20.9. The summed E-state index contributed by atoms with van der Waals surface area (Å²) >= 11 is 0. The molecule has 0 radical (unpaired) electrons. The Kier molecular flexibility index (Phi) is 4.92. The van der Waals surface area contributed by atoms with Crippen LogP contribution in [-0.4, -0.2) is 24.9 Å². The van der Waals surface area contributed by atoms with Crippen molar-refractivity contribution < 1.29 is 23.9 Å². The Hall–Kier alpha value is -3.41. The standard InChI is InChI=1S/C23H21NO5/c1-14-7-12-17-19(13-14)22(26)24(21(17)25)15-8-10-16(11-9-15)29-23(27)18-5-3-4-6-20(18)28-2/h3-11,17,19H,12-13H2,1-2H3/t17-,19-/m1/s1. The van der Waals surface area contributed by atoms with Crippen LogP contribution < -0.4 is 14.4 Å². The molecule has 1 fully saturated rings. The Balaban J connectivity index is 1.51. The molecule has 2 atom stereocenters. The molecule has 0 unspecified atom stereocenters. The van der Waals surface area contributed by atoms with Crippen LogP contribution in [0.25, 0.3) is 0 Å². The van der Waals surface area contributed by atoms with E-state index in [-0.39, 0.29) is 23.7 Å². The topological polar surface area (TPSA) is 72.9 Å². The highest BCUT2D eigenvalue weighted by atomic mass is 16.5. The average Bonchev–Trinajstić information content (AvgIpc) is 2.98. The molecule has 2 aliphatic rings. The third-order valence-corrected chi connectivity index (χ3v) is 5.46. The van der Waals surface area contributed by atoms with Gasteiger partial charge in [0, 0.05) is 0 Å². The number of nitrogens with zero attached hydrogens (tertiary/aromatic N) is 1. The lowest BCUT2D eigenvalue weighted by atomic mass is 9.82. The van der Waals surface area contributed by atoms with Crippen LogP contribution in [0.3, 0.4) is 0 Å². The highest BCUT2D eigenvalue weighted by molar-refractivity contribution is 6.22. The van der Waals surface area contributed by atoms with Gasteiger partial charge in [0.2, 0.25) is 11.8 Å². The summed E-state index contributed by atoms with van der Waals surface area (Å²) < 4.78 is 10.6. The molecular weight excluding hydrogens is 370 g/mol. The Morgan fingerprint density at radius 1 is 1.00 bits per heavy atom. The highest BCUT2D eigenvalue weighted by Crippen LogP contribution is 2.40. The number of benzene rings is 2. The van der Waals surface area contributed by atoms with Crippen molar-refractivity contribution in [2.75, 3.05) is 12.0 Å². The van der Waals surface area contributed by atoms with Gasteiger partial charge in [-0.2, -0.15) is 0 Å². The molecule has 0 N–H and O–H groups in total. The zero-order valence-corrected chi connectivity index (χ0v) is 16.3. The van der Waals surface area contributed by atoms with Gasteiger partial charge in [-0.05, 0) is 56.2 Å². The summed E-state index contributed by atoms with van der Waals surface area (Å²) in [6.07, 6.45) is 3.27. The number of carbonyl (C=O) groups is 3. The summed E-state index contributed by atoms with van der Waals surface area (Å²) in [5.74, 6) is -0.692. The van der Waals surface area contributed by atoms with Crippen molar-refractivity contribution >= 4 is 23.5 Å². The molecule has 0 saturated carbocycles. The van der Waals surface area contributed by atoms with Crippen molar-refractivity contribution in [3.05, 3.63) is 65.7 Å². The predicted molar refractivity (Wildman–Crippen MR) is 107 cm³/mol. The number of hydrogen-bond acceptors (Lipinski definition) is 5. The molecule has 2 aromatic rings. The number of amides is 2. The number of esters is 1. The van der Waals surface area contributed by atoms with Gasteiger partial charge in [-0.1, -0.05) is 23.8 Å². The SMILES string of the molecule is COc1ccccc1C(=O)Oc1ccc(N2C(=O)[C@@H]3CC=C(C)C[C@H]3C2=O)cc1. The molecule has 0 spiro atoms. The third kappa shape index (κ3) is 3.42. The van der Waals surface area contributed by atoms with Crippen molar-refractivity contribution in [1.82, 2.24) is 0 Å². The maximum Gasteiger partial charge on any atom is 0.347 e. The van der Waals surface area contributed by atoms with Gasteiger partial charge in [-0.15, -0.1) is 0 Å². The van der Waals surface area contributed by atoms with Crippen molar-refractivity contribution in [3.8, 4) is 11.5 Å². The molecule has 0 bridgehead atoms. The third-order valence-electron chi connectivity index (χ3n) is 5.46.